The quantitative estimate of drug-likeness (QED) is 0.526. The molecule has 0 spiro atoms. The number of thioether (sulfide) groups is 1. The van der Waals surface area contributed by atoms with E-state index in [0.29, 0.717) is 0 Å². The summed E-state index contributed by atoms with van der Waals surface area (Å²) >= 11 is 1.71. The van der Waals surface area contributed by atoms with Crippen molar-refractivity contribution in [3.63, 3.8) is 0 Å². The summed E-state index contributed by atoms with van der Waals surface area (Å²) in [4.78, 5) is 0. The second-order valence-electron chi connectivity index (χ2n) is 4.30. The highest BCUT2D eigenvalue weighted by Gasteiger charge is 2.15. The molecule has 0 N–H and O–H groups in total. The van der Waals surface area contributed by atoms with Gasteiger partial charge in [0.15, 0.2) is 0 Å². The Morgan fingerprint density at radius 1 is 1.39 bits per heavy atom. The van der Waals surface area contributed by atoms with E-state index in [1.54, 1.807) is 11.8 Å². The highest BCUT2D eigenvalue weighted by molar-refractivity contribution is 8.14. The fraction of sp³-hybridized carbons (Fsp3) is 0.333. The summed E-state index contributed by atoms with van der Waals surface area (Å²) in [6.45, 7) is 13.8. The smallest absolute Gasteiger partial charge is 0.102 e. The van der Waals surface area contributed by atoms with Gasteiger partial charge in [-0.05, 0) is 26.3 Å². The molecule has 0 aliphatic carbocycles. The largest absolute Gasteiger partial charge is 0.154 e. The molecule has 0 saturated carbocycles. The third-order valence-corrected chi connectivity index (χ3v) is 3.67. The van der Waals surface area contributed by atoms with Gasteiger partial charge in [-0.25, -0.2) is 0 Å². The van der Waals surface area contributed by atoms with Crippen LogP contribution in [0.4, 0.5) is 0 Å². The lowest BCUT2D eigenvalue weighted by Crippen LogP contribution is -2.02. The van der Waals surface area contributed by atoms with Crippen molar-refractivity contribution in [3.8, 4) is 0 Å². The van der Waals surface area contributed by atoms with Crippen LogP contribution in [0.25, 0.3) is 0 Å². The molecule has 0 aromatic heterocycles. The van der Waals surface area contributed by atoms with Gasteiger partial charge >= 0.3 is 0 Å². The fourth-order valence-corrected chi connectivity index (χ4v) is 2.12. The van der Waals surface area contributed by atoms with E-state index in [1.165, 1.54) is 5.57 Å². The van der Waals surface area contributed by atoms with E-state index < -0.39 is 0 Å². The van der Waals surface area contributed by atoms with Gasteiger partial charge in [-0.1, -0.05) is 42.5 Å². The van der Waals surface area contributed by atoms with E-state index in [9.17, 15) is 0 Å². The predicted octanol–water partition coefficient (Wildman–Crippen LogP) is 4.53. The Morgan fingerprint density at radius 3 is 2.67 bits per heavy atom. The van der Waals surface area contributed by atoms with Gasteiger partial charge in [0.2, 0.25) is 0 Å². The Kier molecular flexibility index (Phi) is 5.86. The number of rotatable bonds is 5. The first-order valence-corrected chi connectivity index (χ1v) is 6.93. The number of hydrogen-bond acceptors (Lipinski definition) is 3. The van der Waals surface area contributed by atoms with Gasteiger partial charge in [0.1, 0.15) is 5.04 Å². The monoisotopic (exact) mass is 260 g/mol. The second-order valence-corrected chi connectivity index (χ2v) is 5.35. The van der Waals surface area contributed by atoms with Crippen LogP contribution < -0.4 is 0 Å². The van der Waals surface area contributed by atoms with Crippen LogP contribution in [0.5, 0.6) is 0 Å². The second kappa shape index (κ2) is 7.17. The van der Waals surface area contributed by atoms with Crippen LogP contribution in [0.3, 0.4) is 0 Å². The van der Waals surface area contributed by atoms with E-state index in [-0.39, 0.29) is 0 Å². The van der Waals surface area contributed by atoms with Gasteiger partial charge < -0.3 is 0 Å². The summed E-state index contributed by atoms with van der Waals surface area (Å²) in [5, 5.41) is 9.50. The van der Waals surface area contributed by atoms with Crippen LogP contribution >= 0.6 is 11.8 Å². The first-order valence-electron chi connectivity index (χ1n) is 5.94. The Bertz CT molecular complexity index is 465. The molecule has 18 heavy (non-hydrogen) atoms. The maximum atomic E-state index is 4.24. The zero-order chi connectivity index (χ0) is 13.5. The molecule has 0 amide bonds. The van der Waals surface area contributed by atoms with Gasteiger partial charge in [0, 0.05) is 12.2 Å². The van der Waals surface area contributed by atoms with Gasteiger partial charge in [0.25, 0.3) is 0 Å². The lowest BCUT2D eigenvalue weighted by atomic mass is 10.1. The Labute approximate surface area is 114 Å². The van der Waals surface area contributed by atoms with Crippen molar-refractivity contribution in [3.05, 3.63) is 48.1 Å². The molecule has 0 saturated heterocycles. The molecule has 0 atom stereocenters. The molecule has 3 heteroatoms. The lowest BCUT2D eigenvalue weighted by Gasteiger charge is -2.03. The average molecular weight is 260 g/mol. The molecule has 96 valence electrons. The van der Waals surface area contributed by atoms with Gasteiger partial charge in [-0.3, -0.25) is 0 Å². The number of allylic oxidation sites excluding steroid dienone is 5. The van der Waals surface area contributed by atoms with Crippen LogP contribution in [0.1, 0.15) is 27.2 Å². The van der Waals surface area contributed by atoms with Crippen molar-refractivity contribution in [2.45, 2.75) is 27.2 Å². The van der Waals surface area contributed by atoms with Crippen molar-refractivity contribution in [2.24, 2.45) is 10.2 Å². The van der Waals surface area contributed by atoms with Crippen LogP contribution in [-0.2, 0) is 0 Å². The van der Waals surface area contributed by atoms with Crippen LogP contribution in [0.2, 0.25) is 0 Å². The molecule has 0 aromatic carbocycles. The molecule has 2 nitrogen and oxygen atoms in total. The lowest BCUT2D eigenvalue weighted by molar-refractivity contribution is 1.27. The summed E-state index contributed by atoms with van der Waals surface area (Å²) in [6.07, 6.45) is 6.80. The highest BCUT2D eigenvalue weighted by Crippen LogP contribution is 2.21. The topological polar surface area (TPSA) is 24.7 Å². The van der Waals surface area contributed by atoms with Gasteiger partial charge in [0.05, 0.1) is 5.71 Å². The van der Waals surface area contributed by atoms with Crippen LogP contribution in [0.15, 0.2) is 58.3 Å². The van der Waals surface area contributed by atoms with Gasteiger partial charge in [-0.2, -0.15) is 5.10 Å². The normalized spacial score (nSPS) is 16.4. The fourth-order valence-electron chi connectivity index (χ4n) is 1.36. The van der Waals surface area contributed by atoms with E-state index in [4.69, 9.17) is 0 Å². The minimum Gasteiger partial charge on any atom is -0.154 e. The molecule has 1 heterocycles. The van der Waals surface area contributed by atoms with Crippen LogP contribution in [-0.4, -0.2) is 16.5 Å². The minimum absolute atomic E-state index is 0.798. The molecule has 1 aliphatic rings. The summed E-state index contributed by atoms with van der Waals surface area (Å²) < 4.78 is 0. The predicted molar refractivity (Wildman–Crippen MR) is 84.5 cm³/mol. The molecular formula is C15H20N2S. The van der Waals surface area contributed by atoms with E-state index >= 15 is 0 Å². The Morgan fingerprint density at radius 2 is 2.11 bits per heavy atom. The molecule has 0 bridgehead atoms. The van der Waals surface area contributed by atoms with Crippen molar-refractivity contribution in [1.29, 1.82) is 0 Å². The first kappa shape index (κ1) is 14.7. The van der Waals surface area contributed by atoms with Crippen molar-refractivity contribution in [1.82, 2.24) is 0 Å². The highest BCUT2D eigenvalue weighted by atomic mass is 32.2. The molecule has 0 aromatic rings. The zero-order valence-electron chi connectivity index (χ0n) is 11.4. The van der Waals surface area contributed by atoms with Crippen LogP contribution in [0, 0.1) is 0 Å². The summed E-state index contributed by atoms with van der Waals surface area (Å²) in [6, 6.07) is 0. The average Bonchev–Trinajstić information content (AvgIpc) is 2.81. The van der Waals surface area contributed by atoms with Gasteiger partial charge in [-0.15, -0.1) is 16.9 Å². The first-order chi connectivity index (χ1) is 8.56. The summed E-state index contributed by atoms with van der Waals surface area (Å²) in [7, 11) is 0. The molecule has 0 fully saturated rings. The zero-order valence-corrected chi connectivity index (χ0v) is 12.2. The summed E-state index contributed by atoms with van der Waals surface area (Å²) in [5.74, 6) is 0.905. The molecule has 0 radical (unpaired) electrons. The van der Waals surface area contributed by atoms with E-state index in [0.717, 1.165) is 34.1 Å². The maximum absolute atomic E-state index is 4.24. The van der Waals surface area contributed by atoms with Crippen molar-refractivity contribution >= 4 is 22.5 Å². The molecule has 1 rings (SSSR count). The standard InChI is InChI=1S/C15H20N2S/c1-6-12(5)8-13(7-2)14-9-15(17-16-14)18-10-11(3)4/h6-8H,2-3,9-10H2,1,4-5H3/b12-6-,13-8+. The number of nitrogens with zero attached hydrogens (tertiary/aromatic N) is 2. The third-order valence-electron chi connectivity index (χ3n) is 2.48. The van der Waals surface area contributed by atoms with Crippen molar-refractivity contribution in [2.75, 3.05) is 5.75 Å². The number of hydrogen-bond donors (Lipinski definition) is 0. The van der Waals surface area contributed by atoms with Crippen molar-refractivity contribution < 1.29 is 0 Å². The van der Waals surface area contributed by atoms with E-state index in [2.05, 4.69) is 42.4 Å². The SMILES string of the molecule is C=C/C(=C\C(C)=C/C)C1=NN=C(SCC(=C)C)C1. The molecule has 0 unspecified atom stereocenters. The summed E-state index contributed by atoms with van der Waals surface area (Å²) in [5.41, 5.74) is 4.41. The maximum Gasteiger partial charge on any atom is 0.102 e. The molecular weight excluding hydrogens is 240 g/mol. The molecule has 1 aliphatic heterocycles. The Hall–Kier alpha value is -1.35. The minimum atomic E-state index is 0.798. The third kappa shape index (κ3) is 4.49. The Balaban J connectivity index is 2.65. The van der Waals surface area contributed by atoms with E-state index in [1.807, 2.05) is 19.9 Å².